The third kappa shape index (κ3) is 3.75. The summed E-state index contributed by atoms with van der Waals surface area (Å²) in [6.07, 6.45) is 5.08. The van der Waals surface area contributed by atoms with Crippen LogP contribution in [0.3, 0.4) is 0 Å². The Labute approximate surface area is 196 Å². The fraction of sp³-hybridized carbons (Fsp3) is 0.414. The van der Waals surface area contributed by atoms with E-state index in [1.807, 2.05) is 43.3 Å². The number of aliphatic hydroxyl groups excluding tert-OH is 1. The number of aromatic nitrogens is 1. The molecular formula is C29H33NO3. The first-order valence-corrected chi connectivity index (χ1v) is 12.1. The number of ether oxygens (including phenoxy) is 1. The molecule has 1 heterocycles. The van der Waals surface area contributed by atoms with Crippen molar-refractivity contribution in [3.63, 3.8) is 0 Å². The van der Waals surface area contributed by atoms with E-state index in [-0.39, 0.29) is 5.41 Å². The highest BCUT2D eigenvalue weighted by atomic mass is 16.5. The molecule has 2 N–H and O–H groups in total. The van der Waals surface area contributed by atoms with E-state index >= 15 is 0 Å². The van der Waals surface area contributed by atoms with Crippen LogP contribution in [0.4, 0.5) is 0 Å². The van der Waals surface area contributed by atoms with Gasteiger partial charge in [-0.05, 0) is 79.8 Å². The van der Waals surface area contributed by atoms with E-state index in [9.17, 15) is 10.2 Å². The number of pyridine rings is 1. The standard InChI is InChI=1S/C29H33NO3/c1-3-28-18-27(31)29(32,23-9-5-4-6-10-23)17-24(28)12-11-21-16-25(13-14-26(21)28)33-19-22-8-7-15-30-20(22)2/h4-10,13-16,24,27,31-32H,3,11-12,17-19H2,1-2H3/t24-,27?,28?,29?/m1/s1. The number of nitrogens with zero attached hydrogens (tertiary/aromatic N) is 1. The summed E-state index contributed by atoms with van der Waals surface area (Å²) >= 11 is 0. The normalized spacial score (nSPS) is 28.6. The summed E-state index contributed by atoms with van der Waals surface area (Å²) in [6, 6.07) is 20.1. The van der Waals surface area contributed by atoms with Gasteiger partial charge in [-0.15, -0.1) is 0 Å². The first-order chi connectivity index (χ1) is 16.0. The van der Waals surface area contributed by atoms with Crippen molar-refractivity contribution in [3.05, 3.63) is 94.8 Å². The summed E-state index contributed by atoms with van der Waals surface area (Å²) in [6.45, 7) is 4.72. The second kappa shape index (κ2) is 8.58. The maximum Gasteiger partial charge on any atom is 0.120 e. The third-order valence-electron chi connectivity index (χ3n) is 8.24. The maximum absolute atomic E-state index is 11.6. The lowest BCUT2D eigenvalue weighted by Gasteiger charge is -2.55. The second-order valence-corrected chi connectivity index (χ2v) is 9.82. The Hall–Kier alpha value is -2.69. The molecule has 3 aromatic rings. The summed E-state index contributed by atoms with van der Waals surface area (Å²) in [5, 5.41) is 22.8. The molecule has 0 aliphatic heterocycles. The molecule has 5 rings (SSSR count). The van der Waals surface area contributed by atoms with Gasteiger partial charge in [-0.3, -0.25) is 4.98 Å². The smallest absolute Gasteiger partial charge is 0.120 e. The highest BCUT2D eigenvalue weighted by Gasteiger charge is 2.55. The van der Waals surface area contributed by atoms with Crippen molar-refractivity contribution >= 4 is 0 Å². The van der Waals surface area contributed by atoms with Gasteiger partial charge in [-0.25, -0.2) is 0 Å². The van der Waals surface area contributed by atoms with Crippen molar-refractivity contribution < 1.29 is 14.9 Å². The Bertz CT molecular complexity index is 1130. The lowest BCUT2D eigenvalue weighted by Crippen LogP contribution is -2.56. The van der Waals surface area contributed by atoms with E-state index in [2.05, 4.69) is 36.2 Å². The Kier molecular flexibility index (Phi) is 5.75. The van der Waals surface area contributed by atoms with Gasteiger partial charge >= 0.3 is 0 Å². The number of hydrogen-bond acceptors (Lipinski definition) is 4. The zero-order chi connectivity index (χ0) is 23.1. The van der Waals surface area contributed by atoms with Crippen molar-refractivity contribution in [2.24, 2.45) is 5.92 Å². The van der Waals surface area contributed by atoms with E-state index in [0.717, 1.165) is 41.8 Å². The van der Waals surface area contributed by atoms with Crippen LogP contribution in [0.5, 0.6) is 5.75 Å². The molecule has 0 amide bonds. The van der Waals surface area contributed by atoms with Gasteiger partial charge in [0.2, 0.25) is 0 Å². The molecule has 1 fully saturated rings. The van der Waals surface area contributed by atoms with Gasteiger partial charge in [-0.1, -0.05) is 49.4 Å². The summed E-state index contributed by atoms with van der Waals surface area (Å²) in [7, 11) is 0. The molecule has 3 unspecified atom stereocenters. The number of fused-ring (bicyclic) bond motifs is 3. The van der Waals surface area contributed by atoms with E-state index < -0.39 is 11.7 Å². The van der Waals surface area contributed by atoms with Gasteiger partial charge in [0.1, 0.15) is 18.0 Å². The predicted molar refractivity (Wildman–Crippen MR) is 129 cm³/mol. The molecule has 4 heteroatoms. The molecule has 2 aromatic carbocycles. The van der Waals surface area contributed by atoms with Gasteiger partial charge in [0.15, 0.2) is 0 Å². The molecule has 4 nitrogen and oxygen atoms in total. The highest BCUT2D eigenvalue weighted by Crippen LogP contribution is 2.56. The lowest BCUT2D eigenvalue weighted by atomic mass is 9.52. The quantitative estimate of drug-likeness (QED) is 0.567. The fourth-order valence-electron chi connectivity index (χ4n) is 6.27. The van der Waals surface area contributed by atoms with Crippen LogP contribution >= 0.6 is 0 Å². The molecule has 1 saturated carbocycles. The number of aliphatic hydroxyl groups is 2. The first-order valence-electron chi connectivity index (χ1n) is 12.1. The molecular weight excluding hydrogens is 410 g/mol. The second-order valence-electron chi connectivity index (χ2n) is 9.82. The fourth-order valence-corrected chi connectivity index (χ4v) is 6.27. The molecule has 2 aliphatic carbocycles. The Morgan fingerprint density at radius 2 is 1.88 bits per heavy atom. The van der Waals surface area contributed by atoms with Crippen molar-refractivity contribution in [2.45, 2.75) is 69.7 Å². The summed E-state index contributed by atoms with van der Waals surface area (Å²) in [5.74, 6) is 1.20. The molecule has 172 valence electrons. The van der Waals surface area contributed by atoms with Gasteiger partial charge in [0.25, 0.3) is 0 Å². The Balaban J connectivity index is 1.42. The van der Waals surface area contributed by atoms with E-state index in [4.69, 9.17) is 4.74 Å². The van der Waals surface area contributed by atoms with Crippen LogP contribution in [0.15, 0.2) is 66.9 Å². The molecule has 0 saturated heterocycles. The summed E-state index contributed by atoms with van der Waals surface area (Å²) in [5.41, 5.74) is 4.23. The highest BCUT2D eigenvalue weighted by molar-refractivity contribution is 5.44. The zero-order valence-corrected chi connectivity index (χ0v) is 19.5. The Morgan fingerprint density at radius 1 is 1.06 bits per heavy atom. The molecule has 1 aromatic heterocycles. The minimum atomic E-state index is -1.19. The minimum absolute atomic E-state index is 0.119. The van der Waals surface area contributed by atoms with Crippen LogP contribution in [-0.4, -0.2) is 21.3 Å². The van der Waals surface area contributed by atoms with Crippen LogP contribution < -0.4 is 4.74 Å². The Morgan fingerprint density at radius 3 is 2.64 bits per heavy atom. The van der Waals surface area contributed by atoms with Crippen molar-refractivity contribution in [2.75, 3.05) is 0 Å². The average Bonchev–Trinajstić information content (AvgIpc) is 2.84. The molecule has 2 aliphatic rings. The van der Waals surface area contributed by atoms with Gasteiger partial charge < -0.3 is 14.9 Å². The van der Waals surface area contributed by atoms with Crippen molar-refractivity contribution in [1.29, 1.82) is 0 Å². The van der Waals surface area contributed by atoms with Crippen LogP contribution in [0.25, 0.3) is 0 Å². The molecule has 0 radical (unpaired) electrons. The largest absolute Gasteiger partial charge is 0.489 e. The van der Waals surface area contributed by atoms with E-state index in [1.54, 1.807) is 6.20 Å². The SMILES string of the molecule is CCC12CC(O)C(O)(c3ccccc3)C[C@H]1CCc1cc(OCc3cccnc3C)ccc12. The van der Waals surface area contributed by atoms with Crippen LogP contribution in [0.2, 0.25) is 0 Å². The van der Waals surface area contributed by atoms with Crippen LogP contribution in [-0.2, 0) is 24.0 Å². The van der Waals surface area contributed by atoms with Gasteiger partial charge in [0.05, 0.1) is 6.10 Å². The molecule has 0 bridgehead atoms. The van der Waals surface area contributed by atoms with Crippen molar-refractivity contribution in [3.8, 4) is 5.75 Å². The monoisotopic (exact) mass is 443 g/mol. The molecule has 0 spiro atoms. The topological polar surface area (TPSA) is 62.6 Å². The first kappa shape index (κ1) is 22.1. The molecule has 4 atom stereocenters. The number of hydrogen-bond donors (Lipinski definition) is 2. The number of benzene rings is 2. The van der Waals surface area contributed by atoms with Gasteiger partial charge in [-0.2, -0.15) is 0 Å². The maximum atomic E-state index is 11.6. The minimum Gasteiger partial charge on any atom is -0.489 e. The number of aryl methyl sites for hydroxylation is 2. The zero-order valence-electron chi connectivity index (χ0n) is 19.5. The lowest BCUT2D eigenvalue weighted by molar-refractivity contribution is -0.146. The summed E-state index contributed by atoms with van der Waals surface area (Å²) in [4.78, 5) is 4.34. The molecule has 33 heavy (non-hydrogen) atoms. The van der Waals surface area contributed by atoms with E-state index in [0.29, 0.717) is 25.4 Å². The average molecular weight is 444 g/mol. The van der Waals surface area contributed by atoms with Crippen LogP contribution in [0.1, 0.15) is 60.6 Å². The third-order valence-corrected chi connectivity index (χ3v) is 8.24. The summed E-state index contributed by atoms with van der Waals surface area (Å²) < 4.78 is 6.12. The van der Waals surface area contributed by atoms with Crippen LogP contribution in [0, 0.1) is 12.8 Å². The predicted octanol–water partition coefficient (Wildman–Crippen LogP) is 5.22. The van der Waals surface area contributed by atoms with E-state index in [1.165, 1.54) is 11.1 Å². The van der Waals surface area contributed by atoms with Crippen molar-refractivity contribution in [1.82, 2.24) is 4.98 Å². The number of rotatable bonds is 5. The van der Waals surface area contributed by atoms with Gasteiger partial charge in [0, 0.05) is 22.9 Å².